The zero-order valence-corrected chi connectivity index (χ0v) is 14.5. The first-order chi connectivity index (χ1) is 10.4. The van der Waals surface area contributed by atoms with Gasteiger partial charge < -0.3 is 14.4 Å². The molecular weight excluding hydrogens is 337 g/mol. The molecule has 0 aliphatic rings. The third kappa shape index (κ3) is 10.3. The number of quaternary nitrogens is 1. The molecule has 138 valence electrons. The number of halogens is 3. The lowest BCUT2D eigenvalue weighted by Gasteiger charge is -2.35. The van der Waals surface area contributed by atoms with Crippen LogP contribution in [0.4, 0.5) is 13.2 Å². The Hall–Kier alpha value is -1.13. The Kier molecular flexibility index (Phi) is 11.1. The van der Waals surface area contributed by atoms with E-state index in [4.69, 9.17) is 13.0 Å². The maximum absolute atomic E-state index is 10.9. The van der Waals surface area contributed by atoms with Gasteiger partial charge in [-0.05, 0) is 26.8 Å². The summed E-state index contributed by atoms with van der Waals surface area (Å²) in [6, 6.07) is 0. The standard InChI is InChI=1S/C12H24N2O.CHF3O3S/c1-5-12(15)13-10-9-11-14(6-2,7-3)8-4;2-1(3,4)8(5,6)7/h5H,1,6-11H2,2-4H3;(H,5,6,7). The predicted molar refractivity (Wildman–Crippen MR) is 80.3 cm³/mol. The fraction of sp³-hybridized carbons (Fsp3) is 0.769. The number of carbonyl (C=O) groups is 1. The zero-order valence-electron chi connectivity index (χ0n) is 13.6. The van der Waals surface area contributed by atoms with Crippen molar-refractivity contribution in [1.82, 2.24) is 5.32 Å². The largest absolute Gasteiger partial charge is 0.741 e. The van der Waals surface area contributed by atoms with E-state index in [1.165, 1.54) is 25.7 Å². The van der Waals surface area contributed by atoms with E-state index < -0.39 is 15.6 Å². The normalized spacial score (nSPS) is 12.1. The minimum Gasteiger partial charge on any atom is -0.741 e. The molecule has 0 fully saturated rings. The average molecular weight is 362 g/mol. The summed E-state index contributed by atoms with van der Waals surface area (Å²) < 4.78 is 60.0. The fourth-order valence-corrected chi connectivity index (χ4v) is 1.84. The number of rotatable bonds is 8. The molecule has 0 aromatic carbocycles. The van der Waals surface area contributed by atoms with Crippen molar-refractivity contribution in [2.45, 2.75) is 32.7 Å². The van der Waals surface area contributed by atoms with Crippen molar-refractivity contribution in [3.63, 3.8) is 0 Å². The van der Waals surface area contributed by atoms with Gasteiger partial charge >= 0.3 is 5.51 Å². The first kappa shape index (κ1) is 24.1. The van der Waals surface area contributed by atoms with Crippen LogP contribution in [0.2, 0.25) is 0 Å². The molecule has 0 aliphatic heterocycles. The summed E-state index contributed by atoms with van der Waals surface area (Å²) in [5, 5.41) is 2.81. The summed E-state index contributed by atoms with van der Waals surface area (Å²) in [6.45, 7) is 15.5. The Morgan fingerprint density at radius 3 is 1.87 bits per heavy atom. The topological polar surface area (TPSA) is 86.3 Å². The number of amides is 1. The number of hydrogen-bond acceptors (Lipinski definition) is 4. The second-order valence-electron chi connectivity index (χ2n) is 4.76. The van der Waals surface area contributed by atoms with E-state index in [1.807, 2.05) is 0 Å². The minimum atomic E-state index is -6.09. The van der Waals surface area contributed by atoms with Crippen molar-refractivity contribution in [3.8, 4) is 0 Å². The Morgan fingerprint density at radius 2 is 1.61 bits per heavy atom. The monoisotopic (exact) mass is 362 g/mol. The third-order valence-corrected chi connectivity index (χ3v) is 4.16. The third-order valence-electron chi connectivity index (χ3n) is 3.59. The van der Waals surface area contributed by atoms with Crippen molar-refractivity contribution in [3.05, 3.63) is 12.7 Å². The summed E-state index contributed by atoms with van der Waals surface area (Å²) in [6.07, 6.45) is 2.36. The van der Waals surface area contributed by atoms with Crippen LogP contribution in [0.1, 0.15) is 27.2 Å². The van der Waals surface area contributed by atoms with Gasteiger partial charge in [-0.2, -0.15) is 13.2 Å². The maximum Gasteiger partial charge on any atom is 0.485 e. The Labute approximate surface area is 135 Å². The van der Waals surface area contributed by atoms with Gasteiger partial charge in [-0.1, -0.05) is 6.58 Å². The van der Waals surface area contributed by atoms with Gasteiger partial charge in [-0.15, -0.1) is 0 Å². The number of hydrogen-bond donors (Lipinski definition) is 1. The molecule has 0 bridgehead atoms. The van der Waals surface area contributed by atoms with Gasteiger partial charge in [0, 0.05) is 13.0 Å². The molecule has 0 aromatic heterocycles. The van der Waals surface area contributed by atoms with Crippen molar-refractivity contribution < 1.29 is 35.4 Å². The van der Waals surface area contributed by atoms with Gasteiger partial charge in [-0.3, -0.25) is 4.79 Å². The number of alkyl halides is 3. The van der Waals surface area contributed by atoms with Crippen molar-refractivity contribution >= 4 is 16.0 Å². The van der Waals surface area contributed by atoms with E-state index in [0.717, 1.165) is 24.0 Å². The first-order valence-corrected chi connectivity index (χ1v) is 8.57. The highest BCUT2D eigenvalue weighted by Crippen LogP contribution is 2.20. The number of nitrogens with one attached hydrogen (secondary N) is 1. The van der Waals surface area contributed by atoms with Crippen LogP contribution in [0.5, 0.6) is 0 Å². The lowest BCUT2D eigenvalue weighted by molar-refractivity contribution is -0.923. The molecule has 0 radical (unpaired) electrons. The van der Waals surface area contributed by atoms with Crippen LogP contribution < -0.4 is 5.32 Å². The molecule has 0 aliphatic carbocycles. The minimum absolute atomic E-state index is 0.0717. The molecule has 1 N–H and O–H groups in total. The van der Waals surface area contributed by atoms with Crippen LogP contribution in [-0.4, -0.2) is 61.6 Å². The van der Waals surface area contributed by atoms with Gasteiger partial charge in [0.25, 0.3) is 0 Å². The van der Waals surface area contributed by atoms with E-state index in [2.05, 4.69) is 32.7 Å². The van der Waals surface area contributed by atoms with E-state index >= 15 is 0 Å². The molecule has 0 saturated heterocycles. The molecule has 10 heteroatoms. The average Bonchev–Trinajstić information content (AvgIpc) is 2.46. The summed E-state index contributed by atoms with van der Waals surface area (Å²) in [7, 11) is -6.09. The van der Waals surface area contributed by atoms with Crippen LogP contribution in [0.15, 0.2) is 12.7 Å². The lowest BCUT2D eigenvalue weighted by atomic mass is 10.3. The second kappa shape index (κ2) is 10.6. The highest BCUT2D eigenvalue weighted by Gasteiger charge is 2.36. The summed E-state index contributed by atoms with van der Waals surface area (Å²) in [5.41, 5.74) is -5.65. The Balaban J connectivity index is 0. The number of carbonyl (C=O) groups excluding carboxylic acids is 1. The molecule has 0 saturated carbocycles. The summed E-state index contributed by atoms with van der Waals surface area (Å²) in [4.78, 5) is 10.9. The van der Waals surface area contributed by atoms with Crippen molar-refractivity contribution in [1.29, 1.82) is 0 Å². The highest BCUT2D eigenvalue weighted by molar-refractivity contribution is 7.86. The van der Waals surface area contributed by atoms with Crippen LogP contribution in [0.25, 0.3) is 0 Å². The molecule has 0 unspecified atom stereocenters. The second-order valence-corrected chi connectivity index (χ2v) is 6.13. The van der Waals surface area contributed by atoms with Crippen molar-refractivity contribution in [2.75, 3.05) is 32.7 Å². The zero-order chi connectivity index (χ0) is 18.7. The van der Waals surface area contributed by atoms with Crippen LogP contribution in [0.3, 0.4) is 0 Å². The number of nitrogens with zero attached hydrogens (tertiary/aromatic N) is 1. The van der Waals surface area contributed by atoms with Gasteiger partial charge in [0.2, 0.25) is 5.91 Å². The predicted octanol–water partition coefficient (Wildman–Crippen LogP) is 1.61. The first-order valence-electron chi connectivity index (χ1n) is 7.16. The fourth-order valence-electron chi connectivity index (χ4n) is 1.84. The van der Waals surface area contributed by atoms with Gasteiger partial charge in [0.15, 0.2) is 10.1 Å². The van der Waals surface area contributed by atoms with Crippen LogP contribution >= 0.6 is 0 Å². The Morgan fingerprint density at radius 1 is 1.22 bits per heavy atom. The molecule has 0 aromatic rings. The molecule has 0 heterocycles. The summed E-state index contributed by atoms with van der Waals surface area (Å²) in [5.74, 6) is -0.0717. The van der Waals surface area contributed by atoms with Crippen LogP contribution in [0, 0.1) is 0 Å². The van der Waals surface area contributed by atoms with E-state index in [1.54, 1.807) is 0 Å². The Bertz CT molecular complexity index is 452. The molecule has 0 rings (SSSR count). The highest BCUT2D eigenvalue weighted by atomic mass is 32.2. The molecule has 0 atom stereocenters. The van der Waals surface area contributed by atoms with Gasteiger partial charge in [0.1, 0.15) is 0 Å². The van der Waals surface area contributed by atoms with E-state index in [0.29, 0.717) is 0 Å². The smallest absolute Gasteiger partial charge is 0.485 e. The van der Waals surface area contributed by atoms with E-state index in [9.17, 15) is 18.0 Å². The molecule has 1 amide bonds. The maximum atomic E-state index is 10.9. The SMILES string of the molecule is C=CC(=O)NCCC[N+](CC)(CC)CC.O=S(=O)([O-])C(F)(F)F. The van der Waals surface area contributed by atoms with Gasteiger partial charge in [0.05, 0.1) is 26.2 Å². The molecule has 6 nitrogen and oxygen atoms in total. The van der Waals surface area contributed by atoms with Crippen molar-refractivity contribution in [2.24, 2.45) is 0 Å². The summed E-state index contributed by atoms with van der Waals surface area (Å²) >= 11 is 0. The molecule has 23 heavy (non-hydrogen) atoms. The quantitative estimate of drug-likeness (QED) is 0.234. The molecule has 0 spiro atoms. The molecular formula is C13H25F3N2O4S. The van der Waals surface area contributed by atoms with E-state index in [-0.39, 0.29) is 5.91 Å². The van der Waals surface area contributed by atoms with Gasteiger partial charge in [-0.25, -0.2) is 8.42 Å². The lowest BCUT2D eigenvalue weighted by Crippen LogP contribution is -2.48. The van der Waals surface area contributed by atoms with Crippen LogP contribution in [-0.2, 0) is 14.9 Å².